The summed E-state index contributed by atoms with van der Waals surface area (Å²) >= 11 is 0. The fraction of sp³-hybridized carbons (Fsp3) is 0.125. The van der Waals surface area contributed by atoms with Crippen molar-refractivity contribution < 1.29 is 0 Å². The summed E-state index contributed by atoms with van der Waals surface area (Å²) in [5, 5.41) is 23.5. The maximum atomic E-state index is 9.04. The highest BCUT2D eigenvalue weighted by Crippen LogP contribution is 2.25. The van der Waals surface area contributed by atoms with Crippen LogP contribution >= 0.6 is 0 Å². The first-order chi connectivity index (χ1) is 14.2. The van der Waals surface area contributed by atoms with Crippen LogP contribution in [0, 0.1) is 22.7 Å². The molecule has 0 atom stereocenters. The van der Waals surface area contributed by atoms with E-state index in [2.05, 4.69) is 40.3 Å². The Morgan fingerprint density at radius 1 is 0.828 bits per heavy atom. The van der Waals surface area contributed by atoms with Gasteiger partial charge in [0.15, 0.2) is 0 Å². The van der Waals surface area contributed by atoms with Crippen molar-refractivity contribution in [2.24, 2.45) is 7.05 Å². The van der Waals surface area contributed by atoms with Crippen molar-refractivity contribution in [3.8, 4) is 12.1 Å². The number of anilines is 1. The zero-order valence-corrected chi connectivity index (χ0v) is 16.1. The zero-order chi connectivity index (χ0) is 20.2. The van der Waals surface area contributed by atoms with Crippen LogP contribution in [0.5, 0.6) is 0 Å². The molecule has 0 aliphatic heterocycles. The van der Waals surface area contributed by atoms with E-state index in [1.165, 1.54) is 0 Å². The quantitative estimate of drug-likeness (QED) is 0.513. The third kappa shape index (κ3) is 3.95. The van der Waals surface area contributed by atoms with E-state index < -0.39 is 0 Å². The Kier molecular flexibility index (Phi) is 4.97. The zero-order valence-electron chi connectivity index (χ0n) is 16.1. The number of fused-ring (bicyclic) bond motifs is 1. The van der Waals surface area contributed by atoms with Gasteiger partial charge in [-0.05, 0) is 53.6 Å². The molecule has 29 heavy (non-hydrogen) atoms. The standard InChI is InChI=1S/C24H19N5/c1-28-24-11-10-23(12-22(24)15-27-28)29(16-20-6-2-18(13-25)3-7-20)17-21-8-4-19(14-26)5-9-21/h2-12,15H,16-17H2,1H3. The number of aromatic nitrogens is 2. The van der Waals surface area contributed by atoms with Crippen molar-refractivity contribution in [3.05, 3.63) is 95.2 Å². The average Bonchev–Trinajstić information content (AvgIpc) is 3.14. The lowest BCUT2D eigenvalue weighted by atomic mass is 10.1. The fourth-order valence-corrected chi connectivity index (χ4v) is 3.40. The first kappa shape index (κ1) is 18.3. The molecule has 0 amide bonds. The first-order valence-electron chi connectivity index (χ1n) is 9.31. The molecule has 0 fully saturated rings. The minimum Gasteiger partial charge on any atom is -0.363 e. The molecule has 4 aromatic rings. The van der Waals surface area contributed by atoms with Gasteiger partial charge in [-0.2, -0.15) is 15.6 Å². The van der Waals surface area contributed by atoms with Gasteiger partial charge in [-0.3, -0.25) is 4.68 Å². The number of aryl methyl sites for hydroxylation is 1. The van der Waals surface area contributed by atoms with Gasteiger partial charge >= 0.3 is 0 Å². The van der Waals surface area contributed by atoms with Crippen LogP contribution in [0.15, 0.2) is 72.9 Å². The van der Waals surface area contributed by atoms with Crippen LogP contribution in [-0.4, -0.2) is 9.78 Å². The number of nitrogens with zero attached hydrogens (tertiary/aromatic N) is 5. The molecule has 0 spiro atoms. The van der Waals surface area contributed by atoms with Crippen LogP contribution in [0.4, 0.5) is 5.69 Å². The number of hydrogen-bond donors (Lipinski definition) is 0. The van der Waals surface area contributed by atoms with Gasteiger partial charge in [0.05, 0.1) is 35.0 Å². The molecule has 4 rings (SSSR count). The van der Waals surface area contributed by atoms with Crippen molar-refractivity contribution in [2.45, 2.75) is 13.1 Å². The van der Waals surface area contributed by atoms with E-state index in [4.69, 9.17) is 10.5 Å². The summed E-state index contributed by atoms with van der Waals surface area (Å²) in [7, 11) is 1.94. The summed E-state index contributed by atoms with van der Waals surface area (Å²) in [6.07, 6.45) is 1.88. The average molecular weight is 377 g/mol. The molecule has 0 aliphatic carbocycles. The fourth-order valence-electron chi connectivity index (χ4n) is 3.40. The van der Waals surface area contributed by atoms with E-state index in [9.17, 15) is 0 Å². The minimum atomic E-state index is 0.657. The van der Waals surface area contributed by atoms with E-state index in [-0.39, 0.29) is 0 Å². The molecule has 0 bridgehead atoms. The normalized spacial score (nSPS) is 10.4. The van der Waals surface area contributed by atoms with Crippen LogP contribution in [0.25, 0.3) is 10.9 Å². The Morgan fingerprint density at radius 2 is 1.38 bits per heavy atom. The van der Waals surface area contributed by atoms with Gasteiger partial charge in [0.25, 0.3) is 0 Å². The van der Waals surface area contributed by atoms with Crippen LogP contribution in [0.2, 0.25) is 0 Å². The minimum absolute atomic E-state index is 0.657. The van der Waals surface area contributed by atoms with E-state index >= 15 is 0 Å². The molecule has 0 aliphatic rings. The van der Waals surface area contributed by atoms with Gasteiger partial charge in [0, 0.05) is 31.2 Å². The third-order valence-electron chi connectivity index (χ3n) is 5.01. The smallest absolute Gasteiger partial charge is 0.0991 e. The van der Waals surface area contributed by atoms with Gasteiger partial charge in [-0.25, -0.2) is 0 Å². The molecule has 5 heteroatoms. The van der Waals surface area contributed by atoms with Gasteiger partial charge < -0.3 is 4.90 Å². The lowest BCUT2D eigenvalue weighted by molar-refractivity contribution is 0.794. The summed E-state index contributed by atoms with van der Waals surface area (Å²) in [4.78, 5) is 2.29. The highest BCUT2D eigenvalue weighted by Gasteiger charge is 2.11. The Bertz CT molecular complexity index is 1160. The predicted molar refractivity (Wildman–Crippen MR) is 113 cm³/mol. The van der Waals surface area contributed by atoms with Crippen LogP contribution in [0.1, 0.15) is 22.3 Å². The van der Waals surface area contributed by atoms with Gasteiger partial charge in [-0.15, -0.1) is 0 Å². The summed E-state index contributed by atoms with van der Waals surface area (Å²) < 4.78 is 1.87. The van der Waals surface area contributed by atoms with E-state index in [1.54, 1.807) is 0 Å². The SMILES string of the molecule is Cn1ncc2cc(N(Cc3ccc(C#N)cc3)Cc3ccc(C#N)cc3)ccc21. The highest BCUT2D eigenvalue weighted by molar-refractivity contribution is 5.82. The monoisotopic (exact) mass is 377 g/mol. The maximum absolute atomic E-state index is 9.04. The molecular weight excluding hydrogens is 358 g/mol. The molecule has 0 N–H and O–H groups in total. The van der Waals surface area contributed by atoms with Crippen LogP contribution in [-0.2, 0) is 20.1 Å². The molecule has 0 saturated carbocycles. The Balaban J connectivity index is 1.67. The Morgan fingerprint density at radius 3 is 1.90 bits per heavy atom. The van der Waals surface area contributed by atoms with Crippen molar-refractivity contribution in [3.63, 3.8) is 0 Å². The topological polar surface area (TPSA) is 68.6 Å². The van der Waals surface area contributed by atoms with Crippen molar-refractivity contribution in [1.29, 1.82) is 10.5 Å². The van der Waals surface area contributed by atoms with E-state index in [1.807, 2.05) is 66.5 Å². The summed E-state index contributed by atoms with van der Waals surface area (Å²) in [5.74, 6) is 0. The van der Waals surface area contributed by atoms with Crippen molar-refractivity contribution in [2.75, 3.05) is 4.90 Å². The molecule has 1 heterocycles. The van der Waals surface area contributed by atoms with E-state index in [0.29, 0.717) is 24.2 Å². The lowest BCUT2D eigenvalue weighted by Gasteiger charge is -2.25. The van der Waals surface area contributed by atoms with E-state index in [0.717, 1.165) is 27.7 Å². The summed E-state index contributed by atoms with van der Waals surface area (Å²) in [5.41, 5.74) is 5.76. The van der Waals surface area contributed by atoms with Crippen LogP contribution in [0.3, 0.4) is 0 Å². The number of hydrogen-bond acceptors (Lipinski definition) is 4. The van der Waals surface area contributed by atoms with Gasteiger partial charge in [-0.1, -0.05) is 24.3 Å². The second kappa shape index (κ2) is 7.88. The predicted octanol–water partition coefficient (Wildman–Crippen LogP) is 4.52. The molecule has 0 radical (unpaired) electrons. The molecule has 0 saturated heterocycles. The molecule has 1 aromatic heterocycles. The second-order valence-electron chi connectivity index (χ2n) is 6.98. The number of nitriles is 2. The first-order valence-corrected chi connectivity index (χ1v) is 9.31. The summed E-state index contributed by atoms with van der Waals surface area (Å²) in [6, 6.07) is 26.0. The van der Waals surface area contributed by atoms with Crippen molar-refractivity contribution in [1.82, 2.24) is 9.78 Å². The Labute approximate surface area is 169 Å². The number of rotatable bonds is 5. The summed E-state index contributed by atoms with van der Waals surface area (Å²) in [6.45, 7) is 1.41. The molecule has 3 aromatic carbocycles. The molecule has 140 valence electrons. The van der Waals surface area contributed by atoms with Crippen LogP contribution < -0.4 is 4.90 Å². The number of benzene rings is 3. The maximum Gasteiger partial charge on any atom is 0.0991 e. The Hall–Kier alpha value is -4.09. The highest BCUT2D eigenvalue weighted by atomic mass is 15.2. The van der Waals surface area contributed by atoms with Gasteiger partial charge in [0.2, 0.25) is 0 Å². The van der Waals surface area contributed by atoms with Crippen molar-refractivity contribution >= 4 is 16.6 Å². The molecule has 0 unspecified atom stereocenters. The molecule has 5 nitrogen and oxygen atoms in total. The lowest BCUT2D eigenvalue weighted by Crippen LogP contribution is -2.22. The molecular formula is C24H19N5. The largest absolute Gasteiger partial charge is 0.363 e. The third-order valence-corrected chi connectivity index (χ3v) is 5.01. The second-order valence-corrected chi connectivity index (χ2v) is 6.98. The van der Waals surface area contributed by atoms with Gasteiger partial charge in [0.1, 0.15) is 0 Å².